The summed E-state index contributed by atoms with van der Waals surface area (Å²) >= 11 is 5.19. The average molecular weight is 304 g/mol. The second kappa shape index (κ2) is 5.27. The molecule has 2 heterocycles. The van der Waals surface area contributed by atoms with Gasteiger partial charge in [-0.05, 0) is 28.1 Å². The number of morpholine rings is 1. The van der Waals surface area contributed by atoms with Crippen LogP contribution in [0, 0.1) is 5.41 Å². The number of nitrogens with one attached hydrogen (secondary N) is 1. The highest BCUT2D eigenvalue weighted by Gasteiger charge is 2.22. The highest BCUT2D eigenvalue weighted by Crippen LogP contribution is 2.23. The highest BCUT2D eigenvalue weighted by atomic mass is 79.9. The maximum atomic E-state index is 7.38. The Morgan fingerprint density at radius 2 is 2.50 bits per heavy atom. The van der Waals surface area contributed by atoms with Crippen LogP contribution in [0.3, 0.4) is 0 Å². The molecule has 88 valence electrons. The lowest BCUT2D eigenvalue weighted by Gasteiger charge is -2.31. The predicted octanol–water partition coefficient (Wildman–Crippen LogP) is 1.65. The molecule has 4 nitrogen and oxygen atoms in total. The molecule has 1 fully saturated rings. The number of hydrogen-bond donors (Lipinski definition) is 2. The highest BCUT2D eigenvalue weighted by molar-refractivity contribution is 9.11. The minimum Gasteiger partial charge on any atom is -0.385 e. The molecule has 1 aromatic heterocycles. The topological polar surface area (TPSA) is 62.3 Å². The molecule has 0 aromatic carbocycles. The van der Waals surface area contributed by atoms with Crippen molar-refractivity contribution in [2.45, 2.75) is 12.6 Å². The molecule has 1 unspecified atom stereocenters. The second-order valence-electron chi connectivity index (χ2n) is 3.76. The van der Waals surface area contributed by atoms with Gasteiger partial charge in [-0.15, -0.1) is 11.3 Å². The van der Waals surface area contributed by atoms with E-state index in [1.54, 1.807) is 11.3 Å². The molecule has 0 spiro atoms. The van der Waals surface area contributed by atoms with Crippen LogP contribution in [0.5, 0.6) is 0 Å². The molecule has 0 aliphatic carbocycles. The molecule has 0 bridgehead atoms. The van der Waals surface area contributed by atoms with Gasteiger partial charge in [0.25, 0.3) is 0 Å². The Balaban J connectivity index is 1.92. The van der Waals surface area contributed by atoms with Crippen molar-refractivity contribution in [3.05, 3.63) is 20.8 Å². The molecule has 0 amide bonds. The van der Waals surface area contributed by atoms with Crippen LogP contribution in [-0.2, 0) is 11.3 Å². The minimum atomic E-state index is -0.239. The molecule has 0 radical (unpaired) electrons. The van der Waals surface area contributed by atoms with Gasteiger partial charge in [-0.1, -0.05) is 0 Å². The van der Waals surface area contributed by atoms with E-state index in [0.717, 1.165) is 16.9 Å². The van der Waals surface area contributed by atoms with Crippen molar-refractivity contribution in [3.8, 4) is 0 Å². The van der Waals surface area contributed by atoms with Gasteiger partial charge < -0.3 is 10.5 Å². The van der Waals surface area contributed by atoms with Crippen molar-refractivity contribution < 1.29 is 4.74 Å². The second-order valence-corrected chi connectivity index (χ2v) is 6.30. The minimum absolute atomic E-state index is 0.122. The number of nitrogens with two attached hydrogens (primary N) is 1. The number of nitrogens with zero attached hydrogens (tertiary/aromatic N) is 1. The number of hydrogen-bond acceptors (Lipinski definition) is 4. The fourth-order valence-corrected chi connectivity index (χ4v) is 3.22. The van der Waals surface area contributed by atoms with E-state index in [-0.39, 0.29) is 11.9 Å². The van der Waals surface area contributed by atoms with E-state index in [0.29, 0.717) is 13.2 Å². The van der Waals surface area contributed by atoms with Crippen molar-refractivity contribution >= 4 is 33.1 Å². The van der Waals surface area contributed by atoms with Gasteiger partial charge in [-0.3, -0.25) is 10.3 Å². The zero-order chi connectivity index (χ0) is 11.5. The van der Waals surface area contributed by atoms with Crippen molar-refractivity contribution in [1.82, 2.24) is 4.90 Å². The molecule has 16 heavy (non-hydrogen) atoms. The summed E-state index contributed by atoms with van der Waals surface area (Å²) in [6.07, 6.45) is -0.239. The molecule has 1 atom stereocenters. The molecule has 1 aromatic rings. The number of halogens is 1. The Labute approximate surface area is 107 Å². The molecular formula is C10H14BrN3OS. The molecule has 3 N–H and O–H groups in total. The number of amidine groups is 1. The zero-order valence-corrected chi connectivity index (χ0v) is 11.2. The largest absolute Gasteiger partial charge is 0.385 e. The zero-order valence-electron chi connectivity index (χ0n) is 8.78. The van der Waals surface area contributed by atoms with Gasteiger partial charge in [0.15, 0.2) is 0 Å². The molecule has 2 rings (SSSR count). The standard InChI is InChI=1S/C10H14BrN3OS/c11-9-2-1-7(16-9)5-14-3-4-15-8(6-14)10(12)13/h1-2,8H,3-6H2,(H3,12,13). The lowest BCUT2D eigenvalue weighted by Crippen LogP contribution is -2.47. The van der Waals surface area contributed by atoms with Gasteiger partial charge in [-0.2, -0.15) is 0 Å². The smallest absolute Gasteiger partial charge is 0.127 e. The molecule has 0 saturated carbocycles. The van der Waals surface area contributed by atoms with Crippen LogP contribution in [-0.4, -0.2) is 36.5 Å². The Hall–Kier alpha value is -0.430. The summed E-state index contributed by atoms with van der Waals surface area (Å²) in [6, 6.07) is 4.18. The first kappa shape index (κ1) is 12.0. The van der Waals surface area contributed by atoms with E-state index in [2.05, 4.69) is 33.0 Å². The fourth-order valence-electron chi connectivity index (χ4n) is 1.69. The first-order valence-electron chi connectivity index (χ1n) is 5.07. The van der Waals surface area contributed by atoms with Crippen LogP contribution in [0.2, 0.25) is 0 Å². The third kappa shape index (κ3) is 3.04. The Morgan fingerprint density at radius 1 is 1.69 bits per heavy atom. The van der Waals surface area contributed by atoms with E-state index >= 15 is 0 Å². The van der Waals surface area contributed by atoms with Crippen LogP contribution < -0.4 is 5.73 Å². The molecule has 1 aliphatic rings. The van der Waals surface area contributed by atoms with E-state index in [1.165, 1.54) is 4.88 Å². The summed E-state index contributed by atoms with van der Waals surface area (Å²) in [4.78, 5) is 3.59. The normalized spacial score (nSPS) is 22.2. The van der Waals surface area contributed by atoms with Crippen molar-refractivity contribution in [2.75, 3.05) is 19.7 Å². The Morgan fingerprint density at radius 3 is 3.12 bits per heavy atom. The summed E-state index contributed by atoms with van der Waals surface area (Å²) in [7, 11) is 0. The SMILES string of the molecule is N=C(N)C1CN(Cc2ccc(Br)s2)CCO1. The molecule has 1 saturated heterocycles. The quantitative estimate of drug-likeness (QED) is 0.659. The number of thiophene rings is 1. The van der Waals surface area contributed by atoms with Crippen molar-refractivity contribution in [3.63, 3.8) is 0 Å². The lowest BCUT2D eigenvalue weighted by atomic mass is 10.2. The summed E-state index contributed by atoms with van der Waals surface area (Å²) in [5.74, 6) is 0.122. The van der Waals surface area contributed by atoms with Crippen LogP contribution in [0.4, 0.5) is 0 Å². The van der Waals surface area contributed by atoms with Gasteiger partial charge >= 0.3 is 0 Å². The maximum Gasteiger partial charge on any atom is 0.127 e. The first-order chi connectivity index (χ1) is 7.65. The molecular weight excluding hydrogens is 290 g/mol. The number of rotatable bonds is 3. The summed E-state index contributed by atoms with van der Waals surface area (Å²) in [5, 5.41) is 7.38. The van der Waals surface area contributed by atoms with Crippen LogP contribution in [0.1, 0.15) is 4.88 Å². The van der Waals surface area contributed by atoms with Gasteiger partial charge in [0.2, 0.25) is 0 Å². The van der Waals surface area contributed by atoms with E-state index in [9.17, 15) is 0 Å². The molecule has 6 heteroatoms. The summed E-state index contributed by atoms with van der Waals surface area (Å²) in [6.45, 7) is 3.17. The van der Waals surface area contributed by atoms with Gasteiger partial charge in [-0.25, -0.2) is 0 Å². The predicted molar refractivity (Wildman–Crippen MR) is 69.0 cm³/mol. The van der Waals surface area contributed by atoms with Crippen LogP contribution >= 0.6 is 27.3 Å². The van der Waals surface area contributed by atoms with Crippen LogP contribution in [0.15, 0.2) is 15.9 Å². The first-order valence-corrected chi connectivity index (χ1v) is 6.68. The Bertz CT molecular complexity index is 382. The summed E-state index contributed by atoms with van der Waals surface area (Å²) < 4.78 is 6.57. The average Bonchev–Trinajstić information content (AvgIpc) is 2.64. The van der Waals surface area contributed by atoms with E-state index < -0.39 is 0 Å². The molecule has 1 aliphatic heterocycles. The van der Waals surface area contributed by atoms with Gasteiger partial charge in [0.1, 0.15) is 11.9 Å². The monoisotopic (exact) mass is 303 g/mol. The van der Waals surface area contributed by atoms with Crippen LogP contribution in [0.25, 0.3) is 0 Å². The van der Waals surface area contributed by atoms with Gasteiger partial charge in [0.05, 0.1) is 10.4 Å². The van der Waals surface area contributed by atoms with Crippen molar-refractivity contribution in [2.24, 2.45) is 5.73 Å². The number of ether oxygens (including phenoxy) is 1. The third-order valence-corrected chi connectivity index (χ3v) is 4.11. The summed E-state index contributed by atoms with van der Waals surface area (Å²) in [5.41, 5.74) is 5.45. The fraction of sp³-hybridized carbons (Fsp3) is 0.500. The maximum absolute atomic E-state index is 7.38. The van der Waals surface area contributed by atoms with Crippen molar-refractivity contribution in [1.29, 1.82) is 5.41 Å². The van der Waals surface area contributed by atoms with E-state index in [4.69, 9.17) is 15.9 Å². The Kier molecular flexibility index (Phi) is 3.96. The third-order valence-electron chi connectivity index (χ3n) is 2.51. The van der Waals surface area contributed by atoms with Gasteiger partial charge in [0, 0.05) is 24.5 Å². The lowest BCUT2D eigenvalue weighted by molar-refractivity contribution is 0.00274. The van der Waals surface area contributed by atoms with E-state index in [1.807, 2.05) is 0 Å².